The van der Waals surface area contributed by atoms with Crippen LogP contribution in [0.15, 0.2) is 18.2 Å². The number of hydrogen-bond donors (Lipinski definition) is 1. The van der Waals surface area contributed by atoms with Gasteiger partial charge in [-0.15, -0.1) is 0 Å². The van der Waals surface area contributed by atoms with E-state index < -0.39 is 0 Å². The normalized spacial score (nSPS) is 23.8. The van der Waals surface area contributed by atoms with Crippen molar-refractivity contribution in [3.8, 4) is 0 Å². The van der Waals surface area contributed by atoms with Gasteiger partial charge in [0.25, 0.3) is 5.91 Å². The minimum atomic E-state index is 0.0263. The summed E-state index contributed by atoms with van der Waals surface area (Å²) in [6.07, 6.45) is 7.40. The molecule has 1 N–H and O–H groups in total. The van der Waals surface area contributed by atoms with Gasteiger partial charge < -0.3 is 10.2 Å². The molecule has 2 saturated heterocycles. The molecule has 3 heterocycles. The summed E-state index contributed by atoms with van der Waals surface area (Å²) >= 11 is 1.71. The van der Waals surface area contributed by atoms with Gasteiger partial charge in [0.15, 0.2) is 5.13 Å². The van der Waals surface area contributed by atoms with Crippen molar-refractivity contribution in [1.29, 1.82) is 0 Å². The van der Waals surface area contributed by atoms with Crippen molar-refractivity contribution in [3.05, 3.63) is 23.8 Å². The number of fused-ring (bicyclic) bond motifs is 1. The van der Waals surface area contributed by atoms with Crippen LogP contribution >= 0.6 is 11.3 Å². The second-order valence-electron chi connectivity index (χ2n) is 9.32. The number of nitrogens with one attached hydrogen (secondary N) is 1. The Bertz CT molecular complexity index is 848. The number of piperidine rings is 2. The zero-order valence-corrected chi connectivity index (χ0v) is 19.5. The molecule has 0 radical (unpaired) electrons. The Morgan fingerprint density at radius 2 is 1.87 bits per heavy atom. The van der Waals surface area contributed by atoms with Crippen LogP contribution < -0.4 is 10.2 Å². The van der Waals surface area contributed by atoms with E-state index in [1.807, 2.05) is 18.2 Å². The summed E-state index contributed by atoms with van der Waals surface area (Å²) < 4.78 is 1.10. The Hall–Kier alpha value is -1.66. The van der Waals surface area contributed by atoms with E-state index in [1.165, 1.54) is 32.1 Å². The predicted octanol–water partition coefficient (Wildman–Crippen LogP) is 4.92. The highest BCUT2D eigenvalue weighted by molar-refractivity contribution is 7.22. The Labute approximate surface area is 184 Å². The van der Waals surface area contributed by atoms with Crippen molar-refractivity contribution < 1.29 is 4.79 Å². The van der Waals surface area contributed by atoms with Gasteiger partial charge in [0.2, 0.25) is 0 Å². The van der Waals surface area contributed by atoms with Crippen LogP contribution in [-0.2, 0) is 0 Å². The lowest BCUT2D eigenvalue weighted by Crippen LogP contribution is -2.44. The Morgan fingerprint density at radius 3 is 2.60 bits per heavy atom. The van der Waals surface area contributed by atoms with E-state index in [0.29, 0.717) is 12.1 Å². The Kier molecular flexibility index (Phi) is 6.94. The second kappa shape index (κ2) is 9.65. The fourth-order valence-electron chi connectivity index (χ4n) is 4.87. The summed E-state index contributed by atoms with van der Waals surface area (Å²) in [5.41, 5.74) is 1.74. The van der Waals surface area contributed by atoms with Gasteiger partial charge in [-0.1, -0.05) is 24.7 Å². The van der Waals surface area contributed by atoms with Gasteiger partial charge in [-0.2, -0.15) is 0 Å². The summed E-state index contributed by atoms with van der Waals surface area (Å²) in [6, 6.07) is 7.24. The van der Waals surface area contributed by atoms with Gasteiger partial charge in [-0.25, -0.2) is 4.98 Å². The maximum atomic E-state index is 12.7. The fraction of sp³-hybridized carbons (Fsp3) is 0.667. The van der Waals surface area contributed by atoms with Crippen LogP contribution in [0, 0.1) is 5.92 Å². The topological polar surface area (TPSA) is 48.5 Å². The van der Waals surface area contributed by atoms with E-state index in [-0.39, 0.29) is 5.91 Å². The average molecular weight is 429 g/mol. The minimum Gasteiger partial charge on any atom is -0.352 e. The number of aromatic nitrogens is 1. The number of thiazole rings is 1. The highest BCUT2D eigenvalue weighted by Crippen LogP contribution is 2.32. The number of anilines is 1. The van der Waals surface area contributed by atoms with Crippen LogP contribution in [-0.4, -0.2) is 54.1 Å². The molecule has 4 rings (SSSR count). The van der Waals surface area contributed by atoms with Crippen LogP contribution in [0.1, 0.15) is 69.7 Å². The number of rotatable bonds is 6. The van der Waals surface area contributed by atoms with Crippen molar-refractivity contribution >= 4 is 32.6 Å². The van der Waals surface area contributed by atoms with Gasteiger partial charge in [0.1, 0.15) is 0 Å². The monoisotopic (exact) mass is 428 g/mol. The minimum absolute atomic E-state index is 0.0263. The number of likely N-dealkylation sites (tertiary alicyclic amines) is 1. The molecule has 6 heteroatoms. The second-order valence-corrected chi connectivity index (χ2v) is 10.3. The maximum Gasteiger partial charge on any atom is 0.251 e. The Balaban J connectivity index is 1.31. The van der Waals surface area contributed by atoms with Gasteiger partial charge in [-0.05, 0) is 70.1 Å². The third-order valence-electron chi connectivity index (χ3n) is 6.95. The zero-order chi connectivity index (χ0) is 21.1. The van der Waals surface area contributed by atoms with E-state index in [0.717, 1.165) is 59.4 Å². The first-order valence-electron chi connectivity index (χ1n) is 11.7. The lowest BCUT2D eigenvalue weighted by Gasteiger charge is -2.39. The molecule has 0 saturated carbocycles. The summed E-state index contributed by atoms with van der Waals surface area (Å²) in [5.74, 6) is 0.839. The summed E-state index contributed by atoms with van der Waals surface area (Å²) in [4.78, 5) is 22.5. The summed E-state index contributed by atoms with van der Waals surface area (Å²) in [6.45, 7) is 11.0. The third-order valence-corrected chi connectivity index (χ3v) is 8.03. The molecule has 2 atom stereocenters. The average Bonchev–Trinajstić information content (AvgIpc) is 3.16. The van der Waals surface area contributed by atoms with E-state index in [4.69, 9.17) is 4.98 Å². The zero-order valence-electron chi connectivity index (χ0n) is 18.7. The molecule has 5 nitrogen and oxygen atoms in total. The van der Waals surface area contributed by atoms with Crippen LogP contribution in [0.5, 0.6) is 0 Å². The van der Waals surface area contributed by atoms with Crippen molar-refractivity contribution in [2.75, 3.05) is 31.1 Å². The maximum absolute atomic E-state index is 12.7. The fourth-order valence-corrected chi connectivity index (χ4v) is 5.93. The van der Waals surface area contributed by atoms with Gasteiger partial charge in [0, 0.05) is 43.8 Å². The van der Waals surface area contributed by atoms with Crippen molar-refractivity contribution in [2.24, 2.45) is 5.92 Å². The summed E-state index contributed by atoms with van der Waals surface area (Å²) in [5, 5.41) is 4.21. The van der Waals surface area contributed by atoms with Crippen molar-refractivity contribution in [1.82, 2.24) is 15.2 Å². The van der Waals surface area contributed by atoms with E-state index in [1.54, 1.807) is 11.3 Å². The van der Waals surface area contributed by atoms with Gasteiger partial charge >= 0.3 is 0 Å². The molecule has 2 aromatic rings. The highest BCUT2D eigenvalue weighted by Gasteiger charge is 2.24. The molecule has 1 aromatic heterocycles. The number of hydrogen-bond acceptors (Lipinski definition) is 5. The smallest absolute Gasteiger partial charge is 0.251 e. The van der Waals surface area contributed by atoms with E-state index >= 15 is 0 Å². The first-order valence-corrected chi connectivity index (χ1v) is 12.5. The lowest BCUT2D eigenvalue weighted by atomic mass is 9.97. The third kappa shape index (κ3) is 4.97. The molecule has 0 aliphatic carbocycles. The van der Waals surface area contributed by atoms with Crippen LogP contribution in [0.3, 0.4) is 0 Å². The SMILES string of the molecule is CC1CCN(c2nc3ccc(C(=O)NCCCN4[C@@H](C)CCC[C@@H]4C)cc3s2)CC1. The molecule has 2 aliphatic heterocycles. The standard InChI is InChI=1S/C24H36N4OS/c1-17-10-14-27(15-11-17)24-26-21-9-8-20(16-22(21)30-24)23(29)25-12-5-13-28-18(2)6-4-7-19(28)3/h8-9,16-19H,4-7,10-15H2,1-3H3,(H,25,29)/t18-,19-/m0/s1. The molecule has 0 bridgehead atoms. The molecule has 1 amide bonds. The lowest BCUT2D eigenvalue weighted by molar-refractivity contribution is 0.0925. The largest absolute Gasteiger partial charge is 0.352 e. The number of nitrogens with zero attached hydrogens (tertiary/aromatic N) is 3. The van der Waals surface area contributed by atoms with Crippen molar-refractivity contribution in [3.63, 3.8) is 0 Å². The first-order chi connectivity index (χ1) is 14.5. The van der Waals surface area contributed by atoms with Crippen LogP contribution in [0.2, 0.25) is 0 Å². The molecular formula is C24H36N4OS. The highest BCUT2D eigenvalue weighted by atomic mass is 32.1. The van der Waals surface area contributed by atoms with Gasteiger partial charge in [-0.3, -0.25) is 9.69 Å². The van der Waals surface area contributed by atoms with Crippen molar-refractivity contribution in [2.45, 2.75) is 71.4 Å². The Morgan fingerprint density at radius 1 is 1.13 bits per heavy atom. The summed E-state index contributed by atoms with van der Waals surface area (Å²) in [7, 11) is 0. The number of amides is 1. The molecule has 2 aliphatic rings. The van der Waals surface area contributed by atoms with Crippen LogP contribution in [0.4, 0.5) is 5.13 Å². The van der Waals surface area contributed by atoms with Crippen LogP contribution in [0.25, 0.3) is 10.2 Å². The predicted molar refractivity (Wildman–Crippen MR) is 127 cm³/mol. The molecule has 2 fully saturated rings. The number of benzene rings is 1. The molecule has 0 spiro atoms. The quantitative estimate of drug-likeness (QED) is 0.664. The molecular weight excluding hydrogens is 392 g/mol. The van der Waals surface area contributed by atoms with E-state index in [9.17, 15) is 4.79 Å². The molecule has 164 valence electrons. The molecule has 1 aromatic carbocycles. The molecule has 30 heavy (non-hydrogen) atoms. The van der Waals surface area contributed by atoms with E-state index in [2.05, 4.69) is 35.9 Å². The molecule has 0 unspecified atom stereocenters. The first kappa shape index (κ1) is 21.6. The number of carbonyl (C=O) groups excluding carboxylic acids is 1. The van der Waals surface area contributed by atoms with Gasteiger partial charge in [0.05, 0.1) is 10.2 Å². The number of carbonyl (C=O) groups is 1.